The van der Waals surface area contributed by atoms with E-state index in [2.05, 4.69) is 0 Å². The second kappa shape index (κ2) is 8.09. The first-order valence-corrected chi connectivity index (χ1v) is 8.10. The molecule has 0 radical (unpaired) electrons. The molecule has 0 fully saturated rings. The second-order valence-electron chi connectivity index (χ2n) is 5.29. The van der Waals surface area contributed by atoms with Crippen molar-refractivity contribution in [1.29, 1.82) is 0 Å². The largest absolute Gasteiger partial charge is 0.294 e. The van der Waals surface area contributed by atoms with E-state index in [9.17, 15) is 9.59 Å². The molecule has 122 valence electrons. The molecular weight excluding hydrogens is 343 g/mol. The van der Waals surface area contributed by atoms with Crippen molar-refractivity contribution in [3.8, 4) is 0 Å². The molecule has 0 N–H and O–H groups in total. The van der Waals surface area contributed by atoms with Gasteiger partial charge in [0.15, 0.2) is 11.6 Å². The maximum absolute atomic E-state index is 11.6. The van der Waals surface area contributed by atoms with Gasteiger partial charge in [0.25, 0.3) is 0 Å². The molecule has 2 aromatic rings. The summed E-state index contributed by atoms with van der Waals surface area (Å²) in [5.74, 6) is -0.518. The number of ketones is 2. The van der Waals surface area contributed by atoms with E-state index in [-0.39, 0.29) is 17.1 Å². The molecule has 0 amide bonds. The SMILES string of the molecule is CC(=O)C(=CC=C(c1ccc(Cl)cc1)c1ccc(Cl)cc1)C(C)=O. The van der Waals surface area contributed by atoms with Crippen molar-refractivity contribution in [2.75, 3.05) is 0 Å². The van der Waals surface area contributed by atoms with Crippen LogP contribution in [0.4, 0.5) is 0 Å². The molecule has 0 aromatic heterocycles. The first-order chi connectivity index (χ1) is 11.4. The van der Waals surface area contributed by atoms with Gasteiger partial charge < -0.3 is 0 Å². The van der Waals surface area contributed by atoms with E-state index in [1.165, 1.54) is 13.8 Å². The van der Waals surface area contributed by atoms with Crippen molar-refractivity contribution in [3.05, 3.63) is 87.4 Å². The molecule has 2 rings (SSSR count). The number of Topliss-reactive ketones (excluding diaryl/α,β-unsaturated/α-hetero) is 2. The Labute approximate surface area is 151 Å². The summed E-state index contributed by atoms with van der Waals surface area (Å²) in [6.45, 7) is 2.76. The minimum atomic E-state index is -0.259. The molecule has 2 aromatic carbocycles. The molecule has 0 aliphatic rings. The minimum absolute atomic E-state index is 0.162. The van der Waals surface area contributed by atoms with Crippen molar-refractivity contribution >= 4 is 40.3 Å². The Bertz CT molecular complexity index is 750. The topological polar surface area (TPSA) is 34.1 Å². The van der Waals surface area contributed by atoms with Gasteiger partial charge in [-0.1, -0.05) is 53.5 Å². The van der Waals surface area contributed by atoms with Crippen LogP contribution in [-0.4, -0.2) is 11.6 Å². The van der Waals surface area contributed by atoms with Crippen LogP contribution in [0.2, 0.25) is 10.0 Å². The number of hydrogen-bond acceptors (Lipinski definition) is 2. The third-order valence-corrected chi connectivity index (χ3v) is 3.99. The minimum Gasteiger partial charge on any atom is -0.294 e. The van der Waals surface area contributed by atoms with E-state index in [1.807, 2.05) is 24.3 Å². The van der Waals surface area contributed by atoms with Gasteiger partial charge in [-0.3, -0.25) is 9.59 Å². The Kier molecular flexibility index (Phi) is 6.13. The summed E-state index contributed by atoms with van der Waals surface area (Å²) < 4.78 is 0. The first-order valence-electron chi connectivity index (χ1n) is 7.34. The normalized spacial score (nSPS) is 10.0. The van der Waals surface area contributed by atoms with Crippen LogP contribution >= 0.6 is 23.2 Å². The molecule has 0 spiro atoms. The van der Waals surface area contributed by atoms with Crippen molar-refractivity contribution in [3.63, 3.8) is 0 Å². The summed E-state index contributed by atoms with van der Waals surface area (Å²) >= 11 is 11.9. The molecule has 0 aliphatic carbocycles. The lowest BCUT2D eigenvalue weighted by molar-refractivity contribution is -0.119. The number of allylic oxidation sites excluding steroid dienone is 3. The molecular formula is C20H16Cl2O2. The van der Waals surface area contributed by atoms with Crippen LogP contribution in [0.5, 0.6) is 0 Å². The number of hydrogen-bond donors (Lipinski definition) is 0. The number of carbonyl (C=O) groups is 2. The highest BCUT2D eigenvalue weighted by molar-refractivity contribution is 6.31. The van der Waals surface area contributed by atoms with Gasteiger partial charge >= 0.3 is 0 Å². The fraction of sp³-hybridized carbons (Fsp3) is 0.100. The lowest BCUT2D eigenvalue weighted by atomic mass is 9.96. The maximum Gasteiger partial charge on any atom is 0.163 e. The Morgan fingerprint density at radius 1 is 0.708 bits per heavy atom. The molecule has 0 heterocycles. The molecule has 2 nitrogen and oxygen atoms in total. The lowest BCUT2D eigenvalue weighted by Crippen LogP contribution is -2.05. The predicted octanol–water partition coefficient (Wildman–Crippen LogP) is 5.53. The van der Waals surface area contributed by atoms with Crippen molar-refractivity contribution in [2.45, 2.75) is 13.8 Å². The van der Waals surface area contributed by atoms with Crippen LogP contribution in [0.1, 0.15) is 25.0 Å². The van der Waals surface area contributed by atoms with E-state index >= 15 is 0 Å². The fourth-order valence-corrected chi connectivity index (χ4v) is 2.52. The smallest absolute Gasteiger partial charge is 0.163 e. The molecule has 0 unspecified atom stereocenters. The highest BCUT2D eigenvalue weighted by Crippen LogP contribution is 2.26. The van der Waals surface area contributed by atoms with Gasteiger partial charge in [0.05, 0.1) is 5.57 Å². The van der Waals surface area contributed by atoms with Crippen molar-refractivity contribution in [1.82, 2.24) is 0 Å². The highest BCUT2D eigenvalue weighted by atomic mass is 35.5. The van der Waals surface area contributed by atoms with Crippen LogP contribution in [-0.2, 0) is 9.59 Å². The van der Waals surface area contributed by atoms with Crippen molar-refractivity contribution in [2.24, 2.45) is 0 Å². The highest BCUT2D eigenvalue weighted by Gasteiger charge is 2.09. The Morgan fingerprint density at radius 2 is 1.08 bits per heavy atom. The summed E-state index contributed by atoms with van der Waals surface area (Å²) in [5.41, 5.74) is 2.87. The third-order valence-electron chi connectivity index (χ3n) is 3.49. The standard InChI is InChI=1S/C20H16Cl2O2/c1-13(23)19(14(2)24)11-12-20(15-3-7-17(21)8-4-15)16-5-9-18(22)10-6-16/h3-12H,1-2H3. The number of carbonyl (C=O) groups excluding carboxylic acids is 2. The molecule has 0 aliphatic heterocycles. The van der Waals surface area contributed by atoms with Crippen LogP contribution in [0.3, 0.4) is 0 Å². The number of halogens is 2. The molecule has 0 saturated carbocycles. The third kappa shape index (κ3) is 4.67. The monoisotopic (exact) mass is 358 g/mol. The van der Waals surface area contributed by atoms with Gasteiger partial charge in [-0.05, 0) is 60.9 Å². The Hall–Kier alpha value is -2.16. The van der Waals surface area contributed by atoms with Crippen LogP contribution in [0.25, 0.3) is 5.57 Å². The van der Waals surface area contributed by atoms with Crippen LogP contribution in [0, 0.1) is 0 Å². The zero-order chi connectivity index (χ0) is 17.7. The van der Waals surface area contributed by atoms with E-state index in [4.69, 9.17) is 23.2 Å². The van der Waals surface area contributed by atoms with Gasteiger partial charge in [0, 0.05) is 10.0 Å². The van der Waals surface area contributed by atoms with Gasteiger partial charge in [-0.25, -0.2) is 0 Å². The van der Waals surface area contributed by atoms with Crippen molar-refractivity contribution < 1.29 is 9.59 Å². The van der Waals surface area contributed by atoms with E-state index in [0.29, 0.717) is 10.0 Å². The Balaban J connectivity index is 2.58. The molecule has 4 heteroatoms. The Morgan fingerprint density at radius 3 is 1.42 bits per heavy atom. The van der Waals surface area contributed by atoms with Gasteiger partial charge in [0.2, 0.25) is 0 Å². The van der Waals surface area contributed by atoms with Gasteiger partial charge in [-0.2, -0.15) is 0 Å². The van der Waals surface area contributed by atoms with Crippen LogP contribution in [0.15, 0.2) is 66.3 Å². The summed E-state index contributed by atoms with van der Waals surface area (Å²) in [7, 11) is 0. The summed E-state index contributed by atoms with van der Waals surface area (Å²) in [6.07, 6.45) is 3.33. The zero-order valence-electron chi connectivity index (χ0n) is 13.3. The van der Waals surface area contributed by atoms with E-state index < -0.39 is 0 Å². The average molecular weight is 359 g/mol. The van der Waals surface area contributed by atoms with Crippen LogP contribution < -0.4 is 0 Å². The molecule has 0 saturated heterocycles. The lowest BCUT2D eigenvalue weighted by Gasteiger charge is -2.09. The average Bonchev–Trinajstić information content (AvgIpc) is 2.53. The number of rotatable bonds is 5. The van der Waals surface area contributed by atoms with E-state index in [0.717, 1.165) is 16.7 Å². The summed E-state index contributed by atoms with van der Waals surface area (Å²) in [5, 5.41) is 1.27. The maximum atomic E-state index is 11.6. The number of benzene rings is 2. The fourth-order valence-electron chi connectivity index (χ4n) is 2.27. The zero-order valence-corrected chi connectivity index (χ0v) is 14.9. The molecule has 0 atom stereocenters. The summed E-state index contributed by atoms with van der Waals surface area (Å²) in [4.78, 5) is 23.2. The molecule has 0 bridgehead atoms. The second-order valence-corrected chi connectivity index (χ2v) is 6.16. The van der Waals surface area contributed by atoms with Gasteiger partial charge in [0.1, 0.15) is 0 Å². The predicted molar refractivity (Wildman–Crippen MR) is 99.4 cm³/mol. The van der Waals surface area contributed by atoms with Gasteiger partial charge in [-0.15, -0.1) is 0 Å². The summed E-state index contributed by atoms with van der Waals surface area (Å²) in [6, 6.07) is 14.7. The quantitative estimate of drug-likeness (QED) is 0.304. The van der Waals surface area contributed by atoms with E-state index in [1.54, 1.807) is 36.4 Å². The molecule has 24 heavy (non-hydrogen) atoms. The first kappa shape index (κ1) is 18.2.